The number of nitrogens with zero attached hydrogens (tertiary/aromatic N) is 1. The molecule has 0 bridgehead atoms. The van der Waals surface area contributed by atoms with Crippen molar-refractivity contribution in [3.63, 3.8) is 0 Å². The minimum Gasteiger partial charge on any atom is -0.451 e. The van der Waals surface area contributed by atoms with Crippen molar-refractivity contribution in [1.82, 2.24) is 10.2 Å². The summed E-state index contributed by atoms with van der Waals surface area (Å²) in [5.41, 5.74) is 0.746. The molecule has 0 saturated carbocycles. The number of nitrogens with one attached hydrogen (secondary N) is 1. The molecular formula is C17H22N2O3. The zero-order chi connectivity index (χ0) is 15.4. The minimum atomic E-state index is -0.144. The number of hydrogen-bond donors (Lipinski definition) is 1. The summed E-state index contributed by atoms with van der Waals surface area (Å²) in [4.78, 5) is 14.6. The average Bonchev–Trinajstić information content (AvgIpc) is 3.16. The number of amides is 1. The van der Waals surface area contributed by atoms with E-state index in [1.165, 1.54) is 6.42 Å². The third kappa shape index (κ3) is 3.31. The number of carbonyl (C=O) groups is 1. The van der Waals surface area contributed by atoms with Crippen LogP contribution in [0.2, 0.25) is 0 Å². The van der Waals surface area contributed by atoms with Crippen molar-refractivity contribution in [3.05, 3.63) is 36.1 Å². The largest absolute Gasteiger partial charge is 0.451 e. The Balaban J connectivity index is 1.57. The van der Waals surface area contributed by atoms with Gasteiger partial charge in [-0.2, -0.15) is 0 Å². The minimum absolute atomic E-state index is 0.144. The molecule has 22 heavy (non-hydrogen) atoms. The summed E-state index contributed by atoms with van der Waals surface area (Å²) in [6, 6.07) is 9.84. The Kier molecular flexibility index (Phi) is 4.75. The highest BCUT2D eigenvalue weighted by molar-refractivity contribution is 5.96. The summed E-state index contributed by atoms with van der Waals surface area (Å²) >= 11 is 0. The number of hydrogen-bond acceptors (Lipinski definition) is 4. The fourth-order valence-electron chi connectivity index (χ4n) is 3.02. The molecule has 1 aromatic heterocycles. The molecule has 1 aliphatic heterocycles. The van der Waals surface area contributed by atoms with E-state index in [9.17, 15) is 4.79 Å². The van der Waals surface area contributed by atoms with E-state index in [4.69, 9.17) is 9.15 Å². The highest BCUT2D eigenvalue weighted by atomic mass is 16.5. The van der Waals surface area contributed by atoms with Gasteiger partial charge in [-0.3, -0.25) is 9.69 Å². The van der Waals surface area contributed by atoms with E-state index in [1.807, 2.05) is 24.3 Å². The molecule has 0 radical (unpaired) electrons. The van der Waals surface area contributed by atoms with E-state index in [0.29, 0.717) is 18.3 Å². The van der Waals surface area contributed by atoms with Crippen LogP contribution in [0.3, 0.4) is 0 Å². The molecule has 1 saturated heterocycles. The lowest BCUT2D eigenvalue weighted by Crippen LogP contribution is -2.41. The van der Waals surface area contributed by atoms with Gasteiger partial charge in [-0.15, -0.1) is 0 Å². The van der Waals surface area contributed by atoms with Crippen LogP contribution in [0.1, 0.15) is 23.4 Å². The maximum Gasteiger partial charge on any atom is 0.287 e. The zero-order valence-electron chi connectivity index (χ0n) is 12.9. The number of likely N-dealkylation sites (tertiary alicyclic amines) is 1. The van der Waals surface area contributed by atoms with Gasteiger partial charge in [0.05, 0.1) is 6.61 Å². The van der Waals surface area contributed by atoms with Gasteiger partial charge in [-0.1, -0.05) is 18.2 Å². The molecule has 0 aliphatic carbocycles. The molecular weight excluding hydrogens is 280 g/mol. The Bertz CT molecular complexity index is 605. The zero-order valence-corrected chi connectivity index (χ0v) is 12.9. The van der Waals surface area contributed by atoms with Gasteiger partial charge in [0.1, 0.15) is 5.58 Å². The summed E-state index contributed by atoms with van der Waals surface area (Å²) in [7, 11) is 1.72. The Morgan fingerprint density at radius 2 is 2.32 bits per heavy atom. The van der Waals surface area contributed by atoms with Crippen LogP contribution in [0.4, 0.5) is 0 Å². The second-order valence-electron chi connectivity index (χ2n) is 5.68. The molecule has 2 heterocycles. The van der Waals surface area contributed by atoms with Gasteiger partial charge < -0.3 is 14.5 Å². The van der Waals surface area contributed by atoms with Gasteiger partial charge in [0.2, 0.25) is 0 Å². The van der Waals surface area contributed by atoms with Crippen LogP contribution in [0, 0.1) is 0 Å². The molecule has 1 N–H and O–H groups in total. The first-order chi connectivity index (χ1) is 10.8. The maximum atomic E-state index is 12.2. The number of fused-ring (bicyclic) bond motifs is 1. The van der Waals surface area contributed by atoms with E-state index in [2.05, 4.69) is 10.2 Å². The van der Waals surface area contributed by atoms with E-state index in [0.717, 1.165) is 37.1 Å². The predicted octanol–water partition coefficient (Wildman–Crippen LogP) is 2.27. The fraction of sp³-hybridized carbons (Fsp3) is 0.471. The number of para-hydroxylation sites is 1. The van der Waals surface area contributed by atoms with Crippen molar-refractivity contribution >= 4 is 16.9 Å². The molecule has 5 heteroatoms. The van der Waals surface area contributed by atoms with Crippen LogP contribution >= 0.6 is 0 Å². The molecule has 1 amide bonds. The SMILES string of the molecule is COCCN1CCCC1CNC(=O)c1cc2ccccc2o1. The number of methoxy groups -OCH3 is 1. The maximum absolute atomic E-state index is 12.2. The van der Waals surface area contributed by atoms with Crippen molar-refractivity contribution in [1.29, 1.82) is 0 Å². The number of ether oxygens (including phenoxy) is 1. The van der Waals surface area contributed by atoms with Crippen LogP contribution in [0.15, 0.2) is 34.7 Å². The van der Waals surface area contributed by atoms with Crippen LogP contribution in [0.25, 0.3) is 11.0 Å². The van der Waals surface area contributed by atoms with Crippen molar-refractivity contribution in [2.45, 2.75) is 18.9 Å². The number of rotatable bonds is 6. The van der Waals surface area contributed by atoms with E-state index in [-0.39, 0.29) is 5.91 Å². The first-order valence-corrected chi connectivity index (χ1v) is 7.77. The fourth-order valence-corrected chi connectivity index (χ4v) is 3.02. The van der Waals surface area contributed by atoms with Gasteiger partial charge >= 0.3 is 0 Å². The smallest absolute Gasteiger partial charge is 0.287 e. The summed E-state index contributed by atoms with van der Waals surface area (Å²) < 4.78 is 10.7. The molecule has 3 rings (SSSR count). The van der Waals surface area contributed by atoms with Crippen LogP contribution in [-0.2, 0) is 4.74 Å². The molecule has 1 aliphatic rings. The van der Waals surface area contributed by atoms with E-state index >= 15 is 0 Å². The molecule has 1 atom stereocenters. The molecule has 0 spiro atoms. The quantitative estimate of drug-likeness (QED) is 0.889. The van der Waals surface area contributed by atoms with Gasteiger partial charge in [-0.05, 0) is 31.5 Å². The summed E-state index contributed by atoms with van der Waals surface area (Å²) in [5, 5.41) is 3.95. The second-order valence-corrected chi connectivity index (χ2v) is 5.68. The van der Waals surface area contributed by atoms with E-state index < -0.39 is 0 Å². The van der Waals surface area contributed by atoms with Crippen molar-refractivity contribution < 1.29 is 13.9 Å². The van der Waals surface area contributed by atoms with Crippen LogP contribution in [-0.4, -0.2) is 50.2 Å². The van der Waals surface area contributed by atoms with Gasteiger partial charge in [0.25, 0.3) is 5.91 Å². The molecule has 2 aromatic rings. The Hall–Kier alpha value is -1.85. The lowest BCUT2D eigenvalue weighted by Gasteiger charge is -2.24. The van der Waals surface area contributed by atoms with Crippen LogP contribution < -0.4 is 5.32 Å². The highest BCUT2D eigenvalue weighted by Gasteiger charge is 2.24. The van der Waals surface area contributed by atoms with E-state index in [1.54, 1.807) is 13.2 Å². The Morgan fingerprint density at radius 1 is 1.45 bits per heavy atom. The second kappa shape index (κ2) is 6.94. The van der Waals surface area contributed by atoms with Gasteiger partial charge in [0, 0.05) is 31.6 Å². The Labute approximate surface area is 130 Å². The first-order valence-electron chi connectivity index (χ1n) is 7.77. The van der Waals surface area contributed by atoms with Crippen molar-refractivity contribution in [2.24, 2.45) is 0 Å². The van der Waals surface area contributed by atoms with Crippen molar-refractivity contribution in [2.75, 3.05) is 33.4 Å². The van der Waals surface area contributed by atoms with Gasteiger partial charge in [-0.25, -0.2) is 0 Å². The van der Waals surface area contributed by atoms with Crippen molar-refractivity contribution in [3.8, 4) is 0 Å². The summed E-state index contributed by atoms with van der Waals surface area (Å²) in [6.45, 7) is 3.38. The molecule has 5 nitrogen and oxygen atoms in total. The summed E-state index contributed by atoms with van der Waals surface area (Å²) in [5.74, 6) is 0.234. The van der Waals surface area contributed by atoms with Gasteiger partial charge in [0.15, 0.2) is 5.76 Å². The monoisotopic (exact) mass is 302 g/mol. The van der Waals surface area contributed by atoms with Crippen LogP contribution in [0.5, 0.6) is 0 Å². The normalized spacial score (nSPS) is 18.9. The topological polar surface area (TPSA) is 54.7 Å². The number of carbonyl (C=O) groups excluding carboxylic acids is 1. The summed E-state index contributed by atoms with van der Waals surface area (Å²) in [6.07, 6.45) is 2.29. The average molecular weight is 302 g/mol. The molecule has 1 fully saturated rings. The molecule has 1 unspecified atom stereocenters. The Morgan fingerprint density at radius 3 is 3.14 bits per heavy atom. The number of furan rings is 1. The standard InChI is InChI=1S/C17H22N2O3/c1-21-10-9-19-8-4-6-14(19)12-18-17(20)16-11-13-5-2-3-7-15(13)22-16/h2-3,5,7,11,14H,4,6,8-10,12H2,1H3,(H,18,20). The lowest BCUT2D eigenvalue weighted by molar-refractivity contribution is 0.0907. The third-order valence-corrected chi connectivity index (χ3v) is 4.23. The molecule has 1 aromatic carbocycles. The number of benzene rings is 1. The molecule has 118 valence electrons. The lowest BCUT2D eigenvalue weighted by atomic mass is 10.2. The third-order valence-electron chi connectivity index (χ3n) is 4.23. The first kappa shape index (κ1) is 15.1. The predicted molar refractivity (Wildman–Crippen MR) is 85.0 cm³/mol. The highest BCUT2D eigenvalue weighted by Crippen LogP contribution is 2.19.